The molecule has 0 bridgehead atoms. The number of aliphatic hydroxyl groups excluding tert-OH is 2. The fourth-order valence-electron chi connectivity index (χ4n) is 5.78. The molecular weight excluding hydrogens is 590 g/mol. The molecule has 2 unspecified atom stereocenters. The maximum absolute atomic E-state index is 10.3. The largest absolute Gasteiger partial charge is 0.392 e. The topological polar surface area (TPSA) is 67.8 Å². The molecule has 0 aromatic carbocycles. The van der Waals surface area contributed by atoms with E-state index >= 15 is 0 Å². The number of unbranched alkanes of at least 4 members (excludes halogenated alkanes) is 16. The van der Waals surface area contributed by atoms with E-state index in [1.54, 1.807) is 0 Å². The minimum Gasteiger partial charge on any atom is -0.392 e. The third-order valence-corrected chi connectivity index (χ3v) is 9.08. The highest BCUT2D eigenvalue weighted by atomic mass is 16.3. The van der Waals surface area contributed by atoms with Crippen LogP contribution in [0.25, 0.3) is 0 Å². The van der Waals surface area contributed by atoms with Gasteiger partial charge in [-0.3, -0.25) is 0 Å². The molecule has 5 heteroatoms. The molecule has 48 heavy (non-hydrogen) atoms. The molecule has 0 heterocycles. The lowest BCUT2D eigenvalue weighted by atomic mass is 10.1. The second-order valence-corrected chi connectivity index (χ2v) is 14.1. The third kappa shape index (κ3) is 39.2. The maximum Gasteiger partial charge on any atom is 0.0664 e. The summed E-state index contributed by atoms with van der Waals surface area (Å²) in [7, 11) is 2.14. The van der Waals surface area contributed by atoms with Gasteiger partial charge in [0.05, 0.1) is 12.2 Å². The molecule has 0 saturated heterocycles. The summed E-state index contributed by atoms with van der Waals surface area (Å²) in [6, 6.07) is 0. The summed E-state index contributed by atoms with van der Waals surface area (Å²) < 4.78 is 0. The second kappa shape index (κ2) is 40.2. The van der Waals surface area contributed by atoms with Crippen molar-refractivity contribution in [2.45, 2.75) is 180 Å². The molecule has 2 atom stereocenters. The van der Waals surface area contributed by atoms with Crippen molar-refractivity contribution in [3.05, 3.63) is 48.6 Å². The Hall–Kier alpha value is -1.24. The van der Waals surface area contributed by atoms with Crippen LogP contribution in [-0.4, -0.2) is 73.6 Å². The average Bonchev–Trinajstić information content (AvgIpc) is 3.08. The van der Waals surface area contributed by atoms with Crippen LogP contribution in [0.2, 0.25) is 0 Å². The zero-order chi connectivity index (χ0) is 35.0. The first kappa shape index (κ1) is 46.8. The molecule has 0 aromatic heterocycles. The van der Waals surface area contributed by atoms with Crippen LogP contribution in [0.3, 0.4) is 0 Å². The average molecular weight is 674 g/mol. The zero-order valence-corrected chi connectivity index (χ0v) is 32.3. The highest BCUT2D eigenvalue weighted by molar-refractivity contribution is 4.93. The van der Waals surface area contributed by atoms with E-state index in [-0.39, 0.29) is 12.2 Å². The van der Waals surface area contributed by atoms with Gasteiger partial charge in [-0.05, 0) is 84.1 Å². The molecule has 5 nitrogen and oxygen atoms in total. The van der Waals surface area contributed by atoms with E-state index in [9.17, 15) is 10.2 Å². The Bertz CT molecular complexity index is 676. The lowest BCUT2D eigenvalue weighted by Crippen LogP contribution is -2.38. The van der Waals surface area contributed by atoms with Crippen molar-refractivity contribution < 1.29 is 10.2 Å². The normalized spacial score (nSPS) is 13.8. The molecule has 0 aliphatic rings. The molecule has 0 fully saturated rings. The number of nitrogens with zero attached hydrogens (tertiary/aromatic N) is 1. The van der Waals surface area contributed by atoms with Gasteiger partial charge in [-0.25, -0.2) is 0 Å². The number of allylic oxidation sites excluding steroid dienone is 8. The highest BCUT2D eigenvalue weighted by Crippen LogP contribution is 2.09. The molecule has 282 valence electrons. The Morgan fingerprint density at radius 3 is 1.15 bits per heavy atom. The fraction of sp³-hybridized carbons (Fsp3) is 0.814. The molecule has 0 aromatic rings. The van der Waals surface area contributed by atoms with E-state index in [0.29, 0.717) is 13.1 Å². The van der Waals surface area contributed by atoms with E-state index < -0.39 is 0 Å². The molecular formula is C43H83N3O2. The van der Waals surface area contributed by atoms with Crippen LogP contribution in [0.5, 0.6) is 0 Å². The van der Waals surface area contributed by atoms with Gasteiger partial charge >= 0.3 is 0 Å². The SMILES string of the molecule is CCCCCCC/C=C\C/C=C\CCCCCC(O)CNCCN(C)CCNCC(O)CCCCC/C=C\C/C=C\CCCCCCC. The molecule has 0 saturated carbocycles. The fourth-order valence-corrected chi connectivity index (χ4v) is 5.78. The lowest BCUT2D eigenvalue weighted by molar-refractivity contribution is 0.155. The zero-order valence-electron chi connectivity index (χ0n) is 32.3. The second-order valence-electron chi connectivity index (χ2n) is 14.1. The summed E-state index contributed by atoms with van der Waals surface area (Å²) in [5, 5.41) is 27.4. The summed E-state index contributed by atoms with van der Waals surface area (Å²) in [4.78, 5) is 2.30. The van der Waals surface area contributed by atoms with Crippen molar-refractivity contribution in [3.8, 4) is 0 Å². The monoisotopic (exact) mass is 674 g/mol. The molecule has 0 radical (unpaired) electrons. The first-order valence-electron chi connectivity index (χ1n) is 20.7. The minimum atomic E-state index is -0.250. The summed E-state index contributed by atoms with van der Waals surface area (Å²) in [5.74, 6) is 0. The van der Waals surface area contributed by atoms with Crippen molar-refractivity contribution in [2.24, 2.45) is 0 Å². The number of rotatable bonds is 38. The van der Waals surface area contributed by atoms with Crippen LogP contribution >= 0.6 is 0 Å². The van der Waals surface area contributed by atoms with Gasteiger partial charge in [-0.15, -0.1) is 0 Å². The predicted octanol–water partition coefficient (Wildman–Crippen LogP) is 10.4. The van der Waals surface area contributed by atoms with E-state index in [2.05, 4.69) is 85.0 Å². The summed E-state index contributed by atoms with van der Waals surface area (Å²) in [6.07, 6.45) is 47.2. The van der Waals surface area contributed by atoms with Crippen molar-refractivity contribution in [2.75, 3.05) is 46.3 Å². The van der Waals surface area contributed by atoms with Crippen molar-refractivity contribution in [1.82, 2.24) is 15.5 Å². The third-order valence-electron chi connectivity index (χ3n) is 9.08. The number of likely N-dealkylation sites (N-methyl/N-ethyl adjacent to an activating group) is 1. The van der Waals surface area contributed by atoms with Gasteiger partial charge in [-0.1, -0.05) is 140 Å². The summed E-state index contributed by atoms with van der Waals surface area (Å²) in [5.41, 5.74) is 0. The first-order chi connectivity index (χ1) is 23.6. The minimum absolute atomic E-state index is 0.250. The molecule has 0 aliphatic heterocycles. The van der Waals surface area contributed by atoms with Crippen LogP contribution in [0.4, 0.5) is 0 Å². The Balaban J connectivity index is 3.47. The van der Waals surface area contributed by atoms with Crippen LogP contribution in [0, 0.1) is 0 Å². The van der Waals surface area contributed by atoms with Crippen LogP contribution in [0.1, 0.15) is 168 Å². The Labute approximate surface area is 300 Å². The quantitative estimate of drug-likeness (QED) is 0.0388. The van der Waals surface area contributed by atoms with Gasteiger partial charge in [-0.2, -0.15) is 0 Å². The Kier molecular flexibility index (Phi) is 39.2. The van der Waals surface area contributed by atoms with Gasteiger partial charge in [0.2, 0.25) is 0 Å². The number of hydrogen-bond acceptors (Lipinski definition) is 5. The highest BCUT2D eigenvalue weighted by Gasteiger charge is 2.06. The first-order valence-corrected chi connectivity index (χ1v) is 20.7. The molecule has 0 aliphatic carbocycles. The smallest absolute Gasteiger partial charge is 0.0664 e. The molecule has 0 rings (SSSR count). The van der Waals surface area contributed by atoms with Gasteiger partial charge in [0.1, 0.15) is 0 Å². The lowest BCUT2D eigenvalue weighted by Gasteiger charge is -2.19. The maximum atomic E-state index is 10.3. The van der Waals surface area contributed by atoms with Crippen molar-refractivity contribution in [3.63, 3.8) is 0 Å². The van der Waals surface area contributed by atoms with Gasteiger partial charge in [0.15, 0.2) is 0 Å². The van der Waals surface area contributed by atoms with Gasteiger partial charge in [0, 0.05) is 39.3 Å². The molecule has 4 N–H and O–H groups in total. The Morgan fingerprint density at radius 2 is 0.792 bits per heavy atom. The van der Waals surface area contributed by atoms with E-state index in [1.165, 1.54) is 103 Å². The summed E-state index contributed by atoms with van der Waals surface area (Å²) in [6.45, 7) is 9.59. The van der Waals surface area contributed by atoms with E-state index in [0.717, 1.165) is 77.5 Å². The van der Waals surface area contributed by atoms with E-state index in [1.807, 2.05) is 0 Å². The Morgan fingerprint density at radius 1 is 0.458 bits per heavy atom. The van der Waals surface area contributed by atoms with Crippen molar-refractivity contribution >= 4 is 0 Å². The van der Waals surface area contributed by atoms with Crippen LogP contribution < -0.4 is 10.6 Å². The van der Waals surface area contributed by atoms with Crippen LogP contribution in [0.15, 0.2) is 48.6 Å². The van der Waals surface area contributed by atoms with Crippen LogP contribution in [-0.2, 0) is 0 Å². The van der Waals surface area contributed by atoms with E-state index in [4.69, 9.17) is 0 Å². The number of aliphatic hydroxyl groups is 2. The number of hydrogen-bond donors (Lipinski definition) is 4. The molecule has 0 spiro atoms. The van der Waals surface area contributed by atoms with Gasteiger partial charge in [0.25, 0.3) is 0 Å². The predicted molar refractivity (Wildman–Crippen MR) is 214 cm³/mol. The van der Waals surface area contributed by atoms with Crippen molar-refractivity contribution in [1.29, 1.82) is 0 Å². The standard InChI is InChI=1S/C43H83N3O2/c1-4-6-8-10-12-14-16-18-20-22-24-26-28-30-32-34-42(47)40-44-36-38-46(3)39-37-45-41-43(48)35-33-31-29-27-25-23-21-19-17-15-13-11-9-7-5-2/h16-19,22-25,42-45,47-48H,4-15,20-21,26-41H2,1-3H3/b18-16-,19-17-,24-22-,25-23-. The van der Waals surface area contributed by atoms with Gasteiger partial charge < -0.3 is 25.7 Å². The molecule has 0 amide bonds. The number of nitrogens with one attached hydrogen (secondary N) is 2. The summed E-state index contributed by atoms with van der Waals surface area (Å²) >= 11 is 0.